The topological polar surface area (TPSA) is 115 Å². The minimum atomic E-state index is -3.66. The van der Waals surface area contributed by atoms with Gasteiger partial charge in [0.15, 0.2) is 9.34 Å². The molecule has 1 aliphatic rings. The van der Waals surface area contributed by atoms with Gasteiger partial charge < -0.3 is 15.5 Å². The van der Waals surface area contributed by atoms with Crippen molar-refractivity contribution in [2.75, 3.05) is 54.7 Å². The minimum absolute atomic E-state index is 0.0889. The van der Waals surface area contributed by atoms with Gasteiger partial charge in [0.2, 0.25) is 5.91 Å². The van der Waals surface area contributed by atoms with Crippen LogP contribution < -0.4 is 20.4 Å². The van der Waals surface area contributed by atoms with Crippen molar-refractivity contribution in [3.63, 3.8) is 0 Å². The van der Waals surface area contributed by atoms with Crippen LogP contribution in [-0.4, -0.2) is 63.9 Å². The molecule has 10 nitrogen and oxygen atoms in total. The summed E-state index contributed by atoms with van der Waals surface area (Å²) < 4.78 is 26.1. The lowest BCUT2D eigenvalue weighted by molar-refractivity contribution is -0.114. The quantitative estimate of drug-likeness (QED) is 0.657. The maximum Gasteiger partial charge on any atom is 0.327 e. The normalized spacial score (nSPS) is 14.0. The second-order valence-corrected chi connectivity index (χ2v) is 11.1. The van der Waals surface area contributed by atoms with Crippen LogP contribution in [0.4, 0.5) is 27.0 Å². The first kappa shape index (κ1) is 24.0. The highest BCUT2D eigenvalue weighted by Gasteiger charge is 2.27. The van der Waals surface area contributed by atoms with Crippen molar-refractivity contribution in [2.24, 2.45) is 0 Å². The zero-order valence-electron chi connectivity index (χ0n) is 18.8. The van der Waals surface area contributed by atoms with E-state index in [0.717, 1.165) is 47.3 Å². The highest BCUT2D eigenvalue weighted by molar-refractivity contribution is 7.91. The smallest absolute Gasteiger partial charge is 0.327 e. The number of sulfonamides is 1. The summed E-state index contributed by atoms with van der Waals surface area (Å²) in [5.74, 6) is -0.249. The Labute approximate surface area is 192 Å². The second-order valence-electron chi connectivity index (χ2n) is 7.75. The van der Waals surface area contributed by atoms with Crippen LogP contribution in [0.2, 0.25) is 0 Å². The van der Waals surface area contributed by atoms with Gasteiger partial charge in [-0.25, -0.2) is 22.5 Å². The van der Waals surface area contributed by atoms with Crippen molar-refractivity contribution >= 4 is 55.5 Å². The van der Waals surface area contributed by atoms with Gasteiger partial charge in [0.1, 0.15) is 0 Å². The molecule has 2 aromatic rings. The highest BCUT2D eigenvalue weighted by Crippen LogP contribution is 2.33. The average molecular weight is 481 g/mol. The van der Waals surface area contributed by atoms with Crippen LogP contribution in [-0.2, 0) is 14.8 Å². The molecule has 1 fully saturated rings. The van der Waals surface area contributed by atoms with Crippen LogP contribution in [0.1, 0.15) is 25.5 Å². The minimum Gasteiger partial charge on any atom is -0.371 e. The molecule has 0 spiro atoms. The van der Waals surface area contributed by atoms with Gasteiger partial charge in [0, 0.05) is 46.8 Å². The van der Waals surface area contributed by atoms with Gasteiger partial charge in [-0.05, 0) is 38.0 Å². The Hall–Kier alpha value is -2.70. The maximum atomic E-state index is 12.9. The van der Waals surface area contributed by atoms with Crippen LogP contribution >= 0.6 is 11.3 Å². The SMILES string of the molecule is CC(=O)Nc1cc(N2CCCC2)ccc1NC(=O)N(C)c1nc(C)c(S(=O)(=O)N(C)C)s1. The van der Waals surface area contributed by atoms with Crippen molar-refractivity contribution in [2.45, 2.75) is 30.9 Å². The number of benzene rings is 1. The number of rotatable bonds is 6. The first-order valence-corrected chi connectivity index (χ1v) is 12.4. The van der Waals surface area contributed by atoms with E-state index in [-0.39, 0.29) is 15.2 Å². The molecule has 174 valence electrons. The van der Waals surface area contributed by atoms with Gasteiger partial charge in [0.05, 0.1) is 17.1 Å². The molecule has 1 saturated heterocycles. The number of urea groups is 1. The van der Waals surface area contributed by atoms with Gasteiger partial charge in [-0.3, -0.25) is 9.69 Å². The van der Waals surface area contributed by atoms with E-state index < -0.39 is 16.1 Å². The van der Waals surface area contributed by atoms with E-state index in [0.29, 0.717) is 17.1 Å². The lowest BCUT2D eigenvalue weighted by Crippen LogP contribution is -2.31. The van der Waals surface area contributed by atoms with E-state index in [4.69, 9.17) is 0 Å². The van der Waals surface area contributed by atoms with Crippen LogP contribution in [0.15, 0.2) is 22.4 Å². The molecular formula is C20H28N6O4S2. The number of nitrogens with one attached hydrogen (secondary N) is 2. The van der Waals surface area contributed by atoms with Gasteiger partial charge >= 0.3 is 6.03 Å². The van der Waals surface area contributed by atoms with Crippen molar-refractivity contribution in [3.8, 4) is 0 Å². The van der Waals surface area contributed by atoms with Crippen LogP contribution in [0, 0.1) is 6.92 Å². The number of thiazole rings is 1. The van der Waals surface area contributed by atoms with E-state index in [9.17, 15) is 18.0 Å². The molecule has 0 atom stereocenters. The van der Waals surface area contributed by atoms with Crippen molar-refractivity contribution in [3.05, 3.63) is 23.9 Å². The number of hydrogen-bond acceptors (Lipinski definition) is 7. The number of amides is 3. The third-order valence-electron chi connectivity index (χ3n) is 5.08. The van der Waals surface area contributed by atoms with Crippen LogP contribution in [0.25, 0.3) is 0 Å². The molecule has 0 aliphatic carbocycles. The predicted octanol–water partition coefficient (Wildman–Crippen LogP) is 2.93. The number of hydrogen-bond donors (Lipinski definition) is 2. The molecule has 1 aliphatic heterocycles. The summed E-state index contributed by atoms with van der Waals surface area (Å²) in [6.07, 6.45) is 2.25. The number of aromatic nitrogens is 1. The predicted molar refractivity (Wildman–Crippen MR) is 127 cm³/mol. The lowest BCUT2D eigenvalue weighted by atomic mass is 10.2. The molecule has 12 heteroatoms. The Morgan fingerprint density at radius 2 is 1.75 bits per heavy atom. The monoisotopic (exact) mass is 480 g/mol. The Bertz CT molecular complexity index is 1120. The first-order chi connectivity index (χ1) is 15.0. The Morgan fingerprint density at radius 1 is 1.09 bits per heavy atom. The molecule has 1 aromatic carbocycles. The summed E-state index contributed by atoms with van der Waals surface area (Å²) >= 11 is 0.924. The maximum absolute atomic E-state index is 12.9. The van der Waals surface area contributed by atoms with Crippen molar-refractivity contribution in [1.82, 2.24) is 9.29 Å². The van der Waals surface area contributed by atoms with E-state index in [2.05, 4.69) is 20.5 Å². The number of nitrogens with zero attached hydrogens (tertiary/aromatic N) is 4. The summed E-state index contributed by atoms with van der Waals surface area (Å²) in [4.78, 5) is 32.3. The summed E-state index contributed by atoms with van der Waals surface area (Å²) in [6.45, 7) is 4.91. The first-order valence-electron chi connectivity index (χ1n) is 10.1. The fourth-order valence-corrected chi connectivity index (χ4v) is 5.91. The molecule has 0 bridgehead atoms. The zero-order valence-corrected chi connectivity index (χ0v) is 20.4. The molecule has 3 amide bonds. The van der Waals surface area contributed by atoms with Gasteiger partial charge in [0.25, 0.3) is 10.0 Å². The standard InChI is InChI=1S/C20H28N6O4S2/c1-13-18(32(29,30)24(3)4)31-20(21-13)25(5)19(28)23-16-9-8-15(26-10-6-7-11-26)12-17(16)22-14(2)27/h8-9,12H,6-7,10-11H2,1-5H3,(H,22,27)(H,23,28). The Balaban J connectivity index is 1.84. The third-order valence-corrected chi connectivity index (χ3v) is 8.71. The van der Waals surface area contributed by atoms with E-state index >= 15 is 0 Å². The van der Waals surface area contributed by atoms with Gasteiger partial charge in [-0.1, -0.05) is 11.3 Å². The number of carbonyl (C=O) groups is 2. The summed E-state index contributed by atoms with van der Waals surface area (Å²) in [5.41, 5.74) is 2.24. The highest BCUT2D eigenvalue weighted by atomic mass is 32.2. The number of carbonyl (C=O) groups excluding carboxylic acids is 2. The number of anilines is 4. The number of aryl methyl sites for hydroxylation is 1. The molecule has 1 aromatic heterocycles. The fraction of sp³-hybridized carbons (Fsp3) is 0.450. The van der Waals surface area contributed by atoms with Crippen molar-refractivity contribution in [1.29, 1.82) is 0 Å². The van der Waals surface area contributed by atoms with Crippen LogP contribution in [0.3, 0.4) is 0 Å². The Kier molecular flexibility index (Phi) is 7.06. The zero-order chi connectivity index (χ0) is 23.6. The second kappa shape index (κ2) is 9.43. The van der Waals surface area contributed by atoms with E-state index in [1.165, 1.54) is 33.0 Å². The van der Waals surface area contributed by atoms with Gasteiger partial charge in [-0.15, -0.1) is 0 Å². The summed E-state index contributed by atoms with van der Waals surface area (Å²) in [6, 6.07) is 4.99. The molecule has 3 rings (SSSR count). The third kappa shape index (κ3) is 5.03. The molecule has 0 saturated carbocycles. The summed E-state index contributed by atoms with van der Waals surface area (Å²) in [5, 5.41) is 5.80. The van der Waals surface area contributed by atoms with Crippen molar-refractivity contribution < 1.29 is 18.0 Å². The molecule has 0 radical (unpaired) electrons. The lowest BCUT2D eigenvalue weighted by Gasteiger charge is -2.21. The summed E-state index contributed by atoms with van der Waals surface area (Å²) in [7, 11) is 0.740. The molecular weight excluding hydrogens is 452 g/mol. The molecule has 32 heavy (non-hydrogen) atoms. The molecule has 0 unspecified atom stereocenters. The molecule has 2 N–H and O–H groups in total. The van der Waals surface area contributed by atoms with E-state index in [1.54, 1.807) is 13.0 Å². The fourth-order valence-electron chi connectivity index (χ4n) is 3.31. The van der Waals surface area contributed by atoms with Gasteiger partial charge in [-0.2, -0.15) is 0 Å². The largest absolute Gasteiger partial charge is 0.371 e. The molecule has 2 heterocycles. The average Bonchev–Trinajstić information content (AvgIpc) is 3.38. The van der Waals surface area contributed by atoms with Crippen LogP contribution in [0.5, 0.6) is 0 Å². The van der Waals surface area contributed by atoms with E-state index in [1.807, 2.05) is 12.1 Å². The Morgan fingerprint density at radius 3 is 2.34 bits per heavy atom.